The summed E-state index contributed by atoms with van der Waals surface area (Å²) in [7, 11) is 0. The first-order chi connectivity index (χ1) is 6.37. The number of rotatable bonds is 5. The van der Waals surface area contributed by atoms with Gasteiger partial charge in [-0.25, -0.2) is 4.79 Å². The maximum atomic E-state index is 10.9. The van der Waals surface area contributed by atoms with Gasteiger partial charge < -0.3 is 5.11 Å². The lowest BCUT2D eigenvalue weighted by Gasteiger charge is -2.14. The van der Waals surface area contributed by atoms with Crippen molar-refractivity contribution in [3.05, 3.63) is 11.6 Å². The quantitative estimate of drug-likeness (QED) is 0.541. The molecule has 0 heterocycles. The number of carbonyl (C=O) groups is 1. The standard InChI is InChI=1S/C12H22O2/c1-5-6-7-8-10(11(13)14)9-12(2,3)4/h9H,5-8H2,1-4H3,(H,13,14)/b10-9-. The van der Waals surface area contributed by atoms with Crippen molar-refractivity contribution in [2.24, 2.45) is 5.41 Å². The lowest BCUT2D eigenvalue weighted by Crippen LogP contribution is -2.08. The largest absolute Gasteiger partial charge is 0.478 e. The Morgan fingerprint density at radius 3 is 2.21 bits per heavy atom. The second-order valence-electron chi connectivity index (χ2n) is 4.80. The van der Waals surface area contributed by atoms with Crippen LogP contribution in [0.3, 0.4) is 0 Å². The van der Waals surface area contributed by atoms with Crippen LogP contribution in [0.25, 0.3) is 0 Å². The minimum absolute atomic E-state index is 0.0417. The van der Waals surface area contributed by atoms with E-state index in [2.05, 4.69) is 6.92 Å². The van der Waals surface area contributed by atoms with Crippen molar-refractivity contribution >= 4 is 5.97 Å². The SMILES string of the molecule is CCCCC/C(=C/C(C)(C)C)C(=O)O. The maximum absolute atomic E-state index is 10.9. The Morgan fingerprint density at radius 1 is 1.29 bits per heavy atom. The number of hydrogen-bond donors (Lipinski definition) is 1. The Balaban J connectivity index is 4.31. The Labute approximate surface area is 87.0 Å². The van der Waals surface area contributed by atoms with Gasteiger partial charge in [-0.3, -0.25) is 0 Å². The topological polar surface area (TPSA) is 37.3 Å². The first-order valence-corrected chi connectivity index (χ1v) is 5.32. The van der Waals surface area contributed by atoms with E-state index in [1.807, 2.05) is 26.8 Å². The Hall–Kier alpha value is -0.790. The van der Waals surface area contributed by atoms with Crippen molar-refractivity contribution < 1.29 is 9.90 Å². The third-order valence-corrected chi connectivity index (χ3v) is 1.93. The Bertz CT molecular complexity index is 209. The molecule has 0 aromatic carbocycles. The van der Waals surface area contributed by atoms with Crippen LogP contribution >= 0.6 is 0 Å². The molecule has 2 heteroatoms. The second kappa shape index (κ2) is 5.84. The number of carboxylic acid groups (broad SMARTS) is 1. The molecule has 0 aromatic heterocycles. The Kier molecular flexibility index (Phi) is 5.51. The van der Waals surface area contributed by atoms with Crippen LogP contribution in [0.5, 0.6) is 0 Å². The highest BCUT2D eigenvalue weighted by Gasteiger charge is 2.13. The van der Waals surface area contributed by atoms with E-state index in [9.17, 15) is 4.79 Å². The van der Waals surface area contributed by atoms with Gasteiger partial charge in [-0.15, -0.1) is 0 Å². The molecule has 0 unspecified atom stereocenters. The summed E-state index contributed by atoms with van der Waals surface area (Å²) in [6.07, 6.45) is 5.77. The average molecular weight is 198 g/mol. The number of carboxylic acids is 1. The van der Waals surface area contributed by atoms with Crippen LogP contribution in [-0.4, -0.2) is 11.1 Å². The lowest BCUT2D eigenvalue weighted by atomic mass is 9.92. The van der Waals surface area contributed by atoms with Crippen LogP contribution in [0.4, 0.5) is 0 Å². The summed E-state index contributed by atoms with van der Waals surface area (Å²) in [4.78, 5) is 10.9. The van der Waals surface area contributed by atoms with E-state index < -0.39 is 5.97 Å². The molecule has 0 aliphatic carbocycles. The monoisotopic (exact) mass is 198 g/mol. The average Bonchev–Trinajstić information content (AvgIpc) is 2.00. The fraction of sp³-hybridized carbons (Fsp3) is 0.750. The van der Waals surface area contributed by atoms with Gasteiger partial charge in [0.1, 0.15) is 0 Å². The number of allylic oxidation sites excluding steroid dienone is 1. The fourth-order valence-electron chi connectivity index (χ4n) is 1.33. The van der Waals surface area contributed by atoms with Crippen LogP contribution in [0.15, 0.2) is 11.6 Å². The van der Waals surface area contributed by atoms with Crippen molar-refractivity contribution in [2.45, 2.75) is 53.4 Å². The van der Waals surface area contributed by atoms with E-state index in [-0.39, 0.29) is 5.41 Å². The van der Waals surface area contributed by atoms with Gasteiger partial charge in [0, 0.05) is 5.57 Å². The molecule has 1 N–H and O–H groups in total. The van der Waals surface area contributed by atoms with Gasteiger partial charge >= 0.3 is 5.97 Å². The van der Waals surface area contributed by atoms with Crippen molar-refractivity contribution in [1.82, 2.24) is 0 Å². The van der Waals surface area contributed by atoms with Crippen molar-refractivity contribution in [1.29, 1.82) is 0 Å². The molecule has 82 valence electrons. The normalized spacial score (nSPS) is 13.0. The van der Waals surface area contributed by atoms with Crippen LogP contribution in [0.1, 0.15) is 53.4 Å². The van der Waals surface area contributed by atoms with Crippen molar-refractivity contribution in [3.63, 3.8) is 0 Å². The minimum Gasteiger partial charge on any atom is -0.478 e. The van der Waals surface area contributed by atoms with E-state index >= 15 is 0 Å². The zero-order valence-corrected chi connectivity index (χ0v) is 9.76. The Morgan fingerprint density at radius 2 is 1.86 bits per heavy atom. The second-order valence-corrected chi connectivity index (χ2v) is 4.80. The first kappa shape index (κ1) is 13.2. The van der Waals surface area contributed by atoms with Gasteiger partial charge in [0.25, 0.3) is 0 Å². The smallest absolute Gasteiger partial charge is 0.331 e. The molecule has 0 radical (unpaired) electrons. The fourth-order valence-corrected chi connectivity index (χ4v) is 1.33. The molecule has 0 fully saturated rings. The highest BCUT2D eigenvalue weighted by molar-refractivity contribution is 5.86. The number of aliphatic carboxylic acids is 1. The molecule has 14 heavy (non-hydrogen) atoms. The molecule has 0 aliphatic heterocycles. The van der Waals surface area contributed by atoms with Crippen LogP contribution < -0.4 is 0 Å². The summed E-state index contributed by atoms with van der Waals surface area (Å²) >= 11 is 0. The molecule has 0 bridgehead atoms. The van der Waals surface area contributed by atoms with Gasteiger partial charge in [-0.1, -0.05) is 46.6 Å². The molecule has 0 aliphatic rings. The molecule has 0 aromatic rings. The van der Waals surface area contributed by atoms with Crippen molar-refractivity contribution in [2.75, 3.05) is 0 Å². The molecule has 0 amide bonds. The van der Waals surface area contributed by atoms with E-state index in [0.717, 1.165) is 19.3 Å². The lowest BCUT2D eigenvalue weighted by molar-refractivity contribution is -0.132. The maximum Gasteiger partial charge on any atom is 0.331 e. The summed E-state index contributed by atoms with van der Waals surface area (Å²) in [6.45, 7) is 8.19. The predicted octanol–water partition coefficient (Wildman–Crippen LogP) is 3.62. The van der Waals surface area contributed by atoms with E-state index in [1.54, 1.807) is 0 Å². The summed E-state index contributed by atoms with van der Waals surface area (Å²) in [5.74, 6) is -0.768. The third kappa shape index (κ3) is 6.70. The summed E-state index contributed by atoms with van der Waals surface area (Å²) in [5, 5.41) is 8.97. The highest BCUT2D eigenvalue weighted by atomic mass is 16.4. The van der Waals surface area contributed by atoms with Crippen LogP contribution in [0.2, 0.25) is 0 Å². The van der Waals surface area contributed by atoms with Crippen molar-refractivity contribution in [3.8, 4) is 0 Å². The third-order valence-electron chi connectivity index (χ3n) is 1.93. The van der Waals surface area contributed by atoms with Gasteiger partial charge in [-0.2, -0.15) is 0 Å². The van der Waals surface area contributed by atoms with Crippen LogP contribution in [0, 0.1) is 5.41 Å². The van der Waals surface area contributed by atoms with E-state index in [4.69, 9.17) is 5.11 Å². The summed E-state index contributed by atoms with van der Waals surface area (Å²) < 4.78 is 0. The van der Waals surface area contributed by atoms with Gasteiger partial charge in [-0.05, 0) is 18.3 Å². The molecular weight excluding hydrogens is 176 g/mol. The molecule has 0 rings (SSSR count). The first-order valence-electron chi connectivity index (χ1n) is 5.32. The van der Waals surface area contributed by atoms with Gasteiger partial charge in [0.15, 0.2) is 0 Å². The zero-order valence-electron chi connectivity index (χ0n) is 9.76. The number of hydrogen-bond acceptors (Lipinski definition) is 1. The molecule has 2 nitrogen and oxygen atoms in total. The molecule has 0 saturated carbocycles. The number of unbranched alkanes of at least 4 members (excludes halogenated alkanes) is 2. The van der Waals surface area contributed by atoms with Gasteiger partial charge in [0.05, 0.1) is 0 Å². The molecule has 0 saturated heterocycles. The van der Waals surface area contributed by atoms with Crippen LogP contribution in [-0.2, 0) is 4.79 Å². The summed E-state index contributed by atoms with van der Waals surface area (Å²) in [6, 6.07) is 0. The minimum atomic E-state index is -0.768. The molecule has 0 spiro atoms. The zero-order chi connectivity index (χ0) is 11.2. The van der Waals surface area contributed by atoms with E-state index in [1.165, 1.54) is 0 Å². The molecule has 0 atom stereocenters. The summed E-state index contributed by atoms with van der Waals surface area (Å²) in [5.41, 5.74) is 0.519. The highest BCUT2D eigenvalue weighted by Crippen LogP contribution is 2.20. The predicted molar refractivity (Wildman–Crippen MR) is 59.3 cm³/mol. The van der Waals surface area contributed by atoms with Gasteiger partial charge in [0.2, 0.25) is 0 Å². The van der Waals surface area contributed by atoms with E-state index in [0.29, 0.717) is 12.0 Å². The molecular formula is C12H22O2.